The van der Waals surface area contributed by atoms with E-state index in [4.69, 9.17) is 15.6 Å². The van der Waals surface area contributed by atoms with Gasteiger partial charge in [-0.2, -0.15) is 0 Å². The normalized spacial score (nSPS) is 11.7. The Kier molecular flexibility index (Phi) is 5.63. The van der Waals surface area contributed by atoms with E-state index in [1.54, 1.807) is 42.7 Å². The maximum Gasteiger partial charge on any atom is 0.404 e. The van der Waals surface area contributed by atoms with Crippen molar-refractivity contribution in [3.8, 4) is 0 Å². The average molecular weight is 365 g/mol. The summed E-state index contributed by atoms with van der Waals surface area (Å²) >= 11 is 0. The van der Waals surface area contributed by atoms with Crippen LogP contribution in [0.1, 0.15) is 17.0 Å². The minimum atomic E-state index is -0.946. The quantitative estimate of drug-likeness (QED) is 0.621. The molecule has 3 rings (SSSR count). The van der Waals surface area contributed by atoms with Crippen molar-refractivity contribution in [3.63, 3.8) is 0 Å². The van der Waals surface area contributed by atoms with Crippen molar-refractivity contribution in [2.75, 3.05) is 11.9 Å². The number of amides is 2. The maximum absolute atomic E-state index is 12.8. The Bertz CT molecular complexity index is 957. The fourth-order valence-corrected chi connectivity index (χ4v) is 2.73. The molecule has 0 fully saturated rings. The van der Waals surface area contributed by atoms with Crippen LogP contribution in [0.25, 0.3) is 10.8 Å². The van der Waals surface area contributed by atoms with Gasteiger partial charge in [-0.15, -0.1) is 0 Å². The molecule has 1 atom stereocenters. The molecular weight excluding hydrogens is 346 g/mol. The van der Waals surface area contributed by atoms with Gasteiger partial charge in [0.1, 0.15) is 6.61 Å². The zero-order chi connectivity index (χ0) is 19.2. The Balaban J connectivity index is 1.82. The number of rotatable bonds is 6. The Morgan fingerprint density at radius 3 is 2.59 bits per heavy atom. The van der Waals surface area contributed by atoms with Gasteiger partial charge < -0.3 is 20.9 Å². The van der Waals surface area contributed by atoms with Gasteiger partial charge in [0, 0.05) is 23.5 Å². The lowest BCUT2D eigenvalue weighted by atomic mass is 9.97. The third-order valence-electron chi connectivity index (χ3n) is 4.18. The first kappa shape index (κ1) is 18.3. The van der Waals surface area contributed by atoms with Crippen LogP contribution in [0, 0.1) is 0 Å². The van der Waals surface area contributed by atoms with Gasteiger partial charge in [0.05, 0.1) is 12.5 Å². The van der Waals surface area contributed by atoms with Crippen molar-refractivity contribution in [2.24, 2.45) is 5.73 Å². The molecule has 0 saturated carbocycles. The monoisotopic (exact) mass is 365 g/mol. The number of pyridine rings is 1. The van der Waals surface area contributed by atoms with Crippen LogP contribution in [-0.2, 0) is 16.1 Å². The number of ether oxygens (including phenoxy) is 1. The van der Waals surface area contributed by atoms with Crippen LogP contribution in [0.4, 0.5) is 10.5 Å². The first-order chi connectivity index (χ1) is 13.1. The standard InChI is InChI=1S/C20H19N3O4/c21-20(26)27-12-18(14-3-1-13(11-24)2-4-14)19(25)23-17-6-5-16-10-22-8-7-15(16)9-17/h1-10,18,24H,11-12H2,(H2,21,26)(H,23,25)/t18-/m1/s1. The fourth-order valence-electron chi connectivity index (χ4n) is 2.73. The summed E-state index contributed by atoms with van der Waals surface area (Å²) in [6.07, 6.45) is 2.48. The van der Waals surface area contributed by atoms with Gasteiger partial charge in [0.25, 0.3) is 0 Å². The molecule has 7 heteroatoms. The molecule has 0 aliphatic rings. The molecule has 0 aliphatic heterocycles. The molecule has 3 aromatic rings. The summed E-state index contributed by atoms with van der Waals surface area (Å²) in [5.74, 6) is -1.07. The average Bonchev–Trinajstić information content (AvgIpc) is 2.68. The van der Waals surface area contributed by atoms with Crippen LogP contribution in [-0.4, -0.2) is 28.7 Å². The molecule has 27 heavy (non-hydrogen) atoms. The SMILES string of the molecule is NC(=O)OC[C@@H](C(=O)Nc1ccc2cnccc2c1)c1ccc(CO)cc1. The zero-order valence-electron chi connectivity index (χ0n) is 14.5. The smallest absolute Gasteiger partial charge is 0.404 e. The van der Waals surface area contributed by atoms with E-state index in [0.717, 1.165) is 16.3 Å². The molecule has 2 aromatic carbocycles. The lowest BCUT2D eigenvalue weighted by Gasteiger charge is -2.17. The summed E-state index contributed by atoms with van der Waals surface area (Å²) in [6, 6.07) is 14.2. The van der Waals surface area contributed by atoms with E-state index in [1.165, 1.54) is 0 Å². The molecule has 4 N–H and O–H groups in total. The Morgan fingerprint density at radius 1 is 1.11 bits per heavy atom. The molecule has 138 valence electrons. The number of nitrogens with two attached hydrogens (primary N) is 1. The molecule has 0 radical (unpaired) electrons. The van der Waals surface area contributed by atoms with Gasteiger partial charge in [-0.25, -0.2) is 4.79 Å². The molecule has 7 nitrogen and oxygen atoms in total. The molecule has 2 amide bonds. The number of hydrogen-bond acceptors (Lipinski definition) is 5. The molecule has 0 saturated heterocycles. The Labute approximate surface area is 155 Å². The van der Waals surface area contributed by atoms with Gasteiger partial charge >= 0.3 is 6.09 Å². The fraction of sp³-hybridized carbons (Fsp3) is 0.150. The summed E-state index contributed by atoms with van der Waals surface area (Å²) < 4.78 is 4.86. The number of nitrogens with one attached hydrogen (secondary N) is 1. The van der Waals surface area contributed by atoms with Crippen molar-refractivity contribution in [2.45, 2.75) is 12.5 Å². The molecule has 1 heterocycles. The number of hydrogen-bond donors (Lipinski definition) is 3. The van der Waals surface area contributed by atoms with Crippen LogP contribution in [0.3, 0.4) is 0 Å². The number of benzene rings is 2. The first-order valence-electron chi connectivity index (χ1n) is 8.33. The van der Waals surface area contributed by atoms with Crippen LogP contribution in [0.15, 0.2) is 60.9 Å². The second kappa shape index (κ2) is 8.29. The van der Waals surface area contributed by atoms with E-state index in [-0.39, 0.29) is 19.1 Å². The summed E-state index contributed by atoms with van der Waals surface area (Å²) in [5, 5.41) is 13.9. The van der Waals surface area contributed by atoms with Gasteiger partial charge in [-0.1, -0.05) is 30.3 Å². The highest BCUT2D eigenvalue weighted by atomic mass is 16.5. The minimum Gasteiger partial charge on any atom is -0.449 e. The van der Waals surface area contributed by atoms with E-state index in [1.807, 2.05) is 18.2 Å². The molecule has 0 bridgehead atoms. The van der Waals surface area contributed by atoms with E-state index in [0.29, 0.717) is 11.3 Å². The summed E-state index contributed by atoms with van der Waals surface area (Å²) in [4.78, 5) is 27.9. The van der Waals surface area contributed by atoms with Gasteiger partial charge in [0.2, 0.25) is 5.91 Å². The van der Waals surface area contributed by atoms with Gasteiger partial charge in [-0.3, -0.25) is 9.78 Å². The maximum atomic E-state index is 12.8. The number of nitrogens with zero attached hydrogens (tertiary/aromatic N) is 1. The number of carbonyl (C=O) groups excluding carboxylic acids is 2. The summed E-state index contributed by atoms with van der Waals surface area (Å²) in [7, 11) is 0. The highest BCUT2D eigenvalue weighted by Crippen LogP contribution is 2.22. The number of anilines is 1. The van der Waals surface area contributed by atoms with Crippen molar-refractivity contribution >= 4 is 28.5 Å². The molecular formula is C20H19N3O4. The molecule has 1 aromatic heterocycles. The second-order valence-electron chi connectivity index (χ2n) is 6.01. The highest BCUT2D eigenvalue weighted by Gasteiger charge is 2.22. The number of aliphatic hydroxyl groups is 1. The first-order valence-corrected chi connectivity index (χ1v) is 8.33. The van der Waals surface area contributed by atoms with Gasteiger partial charge in [0.15, 0.2) is 0 Å². The zero-order valence-corrected chi connectivity index (χ0v) is 14.5. The topological polar surface area (TPSA) is 115 Å². The molecule has 0 spiro atoms. The van der Waals surface area contributed by atoms with Crippen LogP contribution in [0.2, 0.25) is 0 Å². The van der Waals surface area contributed by atoms with E-state index >= 15 is 0 Å². The van der Waals surface area contributed by atoms with Gasteiger partial charge in [-0.05, 0) is 34.7 Å². The van der Waals surface area contributed by atoms with E-state index in [9.17, 15) is 9.59 Å². The van der Waals surface area contributed by atoms with Crippen molar-refractivity contribution in [1.82, 2.24) is 4.98 Å². The molecule has 0 aliphatic carbocycles. The predicted octanol–water partition coefficient (Wildman–Crippen LogP) is 2.54. The number of carbonyl (C=O) groups is 2. The Morgan fingerprint density at radius 2 is 1.89 bits per heavy atom. The number of primary amides is 1. The second-order valence-corrected chi connectivity index (χ2v) is 6.01. The summed E-state index contributed by atoms with van der Waals surface area (Å²) in [5.41, 5.74) is 7.04. The van der Waals surface area contributed by atoms with Crippen molar-refractivity contribution < 1.29 is 19.4 Å². The lowest BCUT2D eigenvalue weighted by molar-refractivity contribution is -0.118. The third-order valence-corrected chi connectivity index (χ3v) is 4.18. The third kappa shape index (κ3) is 4.59. The van der Waals surface area contributed by atoms with Crippen molar-refractivity contribution in [3.05, 3.63) is 72.1 Å². The Hall–Kier alpha value is -3.45. The number of aromatic nitrogens is 1. The molecule has 0 unspecified atom stereocenters. The summed E-state index contributed by atoms with van der Waals surface area (Å²) in [6.45, 7) is -0.280. The van der Waals surface area contributed by atoms with Crippen LogP contribution >= 0.6 is 0 Å². The lowest BCUT2D eigenvalue weighted by Crippen LogP contribution is -2.27. The van der Waals surface area contributed by atoms with E-state index < -0.39 is 12.0 Å². The number of fused-ring (bicyclic) bond motifs is 1. The number of aliphatic hydroxyl groups excluding tert-OH is 1. The largest absolute Gasteiger partial charge is 0.449 e. The highest BCUT2D eigenvalue weighted by molar-refractivity contribution is 5.98. The van der Waals surface area contributed by atoms with Crippen LogP contribution < -0.4 is 11.1 Å². The van der Waals surface area contributed by atoms with Crippen LogP contribution in [0.5, 0.6) is 0 Å². The van der Waals surface area contributed by atoms with E-state index in [2.05, 4.69) is 10.3 Å². The van der Waals surface area contributed by atoms with Crippen molar-refractivity contribution in [1.29, 1.82) is 0 Å². The predicted molar refractivity (Wildman–Crippen MR) is 101 cm³/mol. The minimum absolute atomic E-state index is 0.0964.